The average Bonchev–Trinajstić information content (AvgIpc) is 2.83. The highest BCUT2D eigenvalue weighted by Crippen LogP contribution is 2.46. The Morgan fingerprint density at radius 3 is 1.53 bits per heavy atom. The van der Waals surface area contributed by atoms with Crippen molar-refractivity contribution >= 4 is 56.2 Å². The van der Waals surface area contributed by atoms with E-state index in [-0.39, 0.29) is 0 Å². The molecule has 0 unspecified atom stereocenters. The SMILES string of the molecule is O=P(c1ccc(CCl)cc1)(c1cccc2ccccc12)c1cccc2ccccc12. The Hall–Kier alpha value is -2.86. The molecule has 0 heterocycles. The summed E-state index contributed by atoms with van der Waals surface area (Å²) < 4.78 is 15.2. The molecule has 0 aliphatic rings. The third-order valence-electron chi connectivity index (χ3n) is 5.67. The predicted octanol–water partition coefficient (Wildman–Crippen LogP) is 6.37. The number of hydrogen-bond acceptors (Lipinski definition) is 1. The maximum Gasteiger partial charge on any atom is 0.172 e. The molecule has 0 aliphatic carbocycles. The van der Waals surface area contributed by atoms with Gasteiger partial charge in [-0.3, -0.25) is 0 Å². The zero-order chi connectivity index (χ0) is 20.6. The summed E-state index contributed by atoms with van der Waals surface area (Å²) in [4.78, 5) is 0. The normalized spacial score (nSPS) is 11.8. The summed E-state index contributed by atoms with van der Waals surface area (Å²) in [7, 11) is -3.14. The zero-order valence-corrected chi connectivity index (χ0v) is 18.0. The predicted molar refractivity (Wildman–Crippen MR) is 130 cm³/mol. The van der Waals surface area contributed by atoms with Crippen LogP contribution in [0.3, 0.4) is 0 Å². The van der Waals surface area contributed by atoms with E-state index >= 15 is 4.57 Å². The second-order valence-electron chi connectivity index (χ2n) is 7.41. The highest BCUT2D eigenvalue weighted by atomic mass is 35.5. The highest BCUT2D eigenvalue weighted by molar-refractivity contribution is 7.86. The van der Waals surface area contributed by atoms with Crippen LogP contribution in [0, 0.1) is 0 Å². The van der Waals surface area contributed by atoms with E-state index in [4.69, 9.17) is 11.6 Å². The fourth-order valence-electron chi connectivity index (χ4n) is 4.17. The van der Waals surface area contributed by atoms with Gasteiger partial charge in [-0.1, -0.05) is 109 Å². The lowest BCUT2D eigenvalue weighted by Gasteiger charge is -2.23. The third kappa shape index (κ3) is 3.06. The van der Waals surface area contributed by atoms with Crippen molar-refractivity contribution in [3.8, 4) is 0 Å². The number of alkyl halides is 1. The van der Waals surface area contributed by atoms with Crippen molar-refractivity contribution in [1.29, 1.82) is 0 Å². The molecule has 0 aliphatic heterocycles. The van der Waals surface area contributed by atoms with Crippen molar-refractivity contribution < 1.29 is 4.57 Å². The molecule has 0 fully saturated rings. The molecule has 5 aromatic carbocycles. The van der Waals surface area contributed by atoms with Crippen LogP contribution >= 0.6 is 18.7 Å². The molecule has 0 atom stereocenters. The molecule has 0 saturated carbocycles. The summed E-state index contributed by atoms with van der Waals surface area (Å²) >= 11 is 6.01. The van der Waals surface area contributed by atoms with E-state index in [1.165, 1.54) is 0 Å². The van der Waals surface area contributed by atoms with Gasteiger partial charge in [0.15, 0.2) is 7.14 Å². The van der Waals surface area contributed by atoms with Gasteiger partial charge in [0, 0.05) is 21.8 Å². The van der Waals surface area contributed by atoms with Crippen LogP contribution in [-0.4, -0.2) is 0 Å². The molecule has 0 spiro atoms. The van der Waals surface area contributed by atoms with E-state index in [1.807, 2.05) is 72.8 Å². The Balaban J connectivity index is 1.90. The lowest BCUT2D eigenvalue weighted by Crippen LogP contribution is -2.26. The lowest BCUT2D eigenvalue weighted by atomic mass is 10.1. The minimum Gasteiger partial charge on any atom is -0.309 e. The Morgan fingerprint density at radius 1 is 0.567 bits per heavy atom. The van der Waals surface area contributed by atoms with Crippen LogP contribution in [0.25, 0.3) is 21.5 Å². The van der Waals surface area contributed by atoms with Crippen LogP contribution in [-0.2, 0) is 10.4 Å². The maximum absolute atomic E-state index is 15.2. The largest absolute Gasteiger partial charge is 0.309 e. The first kappa shape index (κ1) is 19.1. The minimum atomic E-state index is -3.14. The lowest BCUT2D eigenvalue weighted by molar-refractivity contribution is 0.593. The fraction of sp³-hybridized carbons (Fsp3) is 0.0370. The zero-order valence-electron chi connectivity index (χ0n) is 16.3. The van der Waals surface area contributed by atoms with Gasteiger partial charge in [0.25, 0.3) is 0 Å². The second kappa shape index (κ2) is 7.76. The van der Waals surface area contributed by atoms with Crippen molar-refractivity contribution in [1.82, 2.24) is 0 Å². The number of hydrogen-bond donors (Lipinski definition) is 0. The summed E-state index contributed by atoms with van der Waals surface area (Å²) in [6.07, 6.45) is 0. The van der Waals surface area contributed by atoms with E-state index in [0.29, 0.717) is 5.88 Å². The quantitative estimate of drug-likeness (QED) is 0.241. The van der Waals surface area contributed by atoms with Gasteiger partial charge in [-0.15, -0.1) is 11.6 Å². The average molecular weight is 427 g/mol. The first-order chi connectivity index (χ1) is 14.7. The molecule has 0 N–H and O–H groups in total. The van der Waals surface area contributed by atoms with Crippen molar-refractivity contribution in [2.75, 3.05) is 0 Å². The van der Waals surface area contributed by atoms with E-state index in [9.17, 15) is 0 Å². The Morgan fingerprint density at radius 2 is 1.03 bits per heavy atom. The van der Waals surface area contributed by atoms with Gasteiger partial charge in [-0.25, -0.2) is 0 Å². The van der Waals surface area contributed by atoms with Crippen LogP contribution in [0.4, 0.5) is 0 Å². The van der Waals surface area contributed by atoms with E-state index in [2.05, 4.69) is 36.4 Å². The van der Waals surface area contributed by atoms with Crippen LogP contribution in [0.2, 0.25) is 0 Å². The van der Waals surface area contributed by atoms with Gasteiger partial charge in [0.2, 0.25) is 0 Å². The number of rotatable bonds is 4. The summed E-state index contributed by atoms with van der Waals surface area (Å²) in [5.74, 6) is 0.438. The summed E-state index contributed by atoms with van der Waals surface area (Å²) in [5, 5.41) is 6.80. The van der Waals surface area contributed by atoms with Crippen molar-refractivity contribution in [3.63, 3.8) is 0 Å². The Bertz CT molecular complexity index is 1310. The highest BCUT2D eigenvalue weighted by Gasteiger charge is 2.32. The summed E-state index contributed by atoms with van der Waals surface area (Å²) in [6.45, 7) is 0. The molecule has 1 nitrogen and oxygen atoms in total. The van der Waals surface area contributed by atoms with Gasteiger partial charge < -0.3 is 4.57 Å². The van der Waals surface area contributed by atoms with E-state index in [1.54, 1.807) is 0 Å². The monoisotopic (exact) mass is 426 g/mol. The summed E-state index contributed by atoms with van der Waals surface area (Å²) in [5.41, 5.74) is 1.02. The molecule has 0 saturated heterocycles. The molecular formula is C27H20ClOP. The minimum absolute atomic E-state index is 0.438. The van der Waals surface area contributed by atoms with Gasteiger partial charge in [-0.2, -0.15) is 0 Å². The van der Waals surface area contributed by atoms with Crippen molar-refractivity contribution in [2.24, 2.45) is 0 Å². The molecule has 0 amide bonds. The number of benzene rings is 5. The second-order valence-corrected chi connectivity index (χ2v) is 10.4. The fourth-order valence-corrected chi connectivity index (χ4v) is 7.41. The first-order valence-corrected chi connectivity index (χ1v) is 12.2. The van der Waals surface area contributed by atoms with Crippen molar-refractivity contribution in [2.45, 2.75) is 5.88 Å². The van der Waals surface area contributed by atoms with Crippen LogP contribution in [0.15, 0.2) is 109 Å². The van der Waals surface area contributed by atoms with Crippen molar-refractivity contribution in [3.05, 3.63) is 115 Å². The Kier molecular flexibility index (Phi) is 4.95. The van der Waals surface area contributed by atoms with Gasteiger partial charge in [0.05, 0.1) is 0 Å². The standard InChI is InChI=1S/C27H20ClOP/c28-19-20-15-17-23(18-16-20)30(29,26-13-5-9-21-7-1-3-11-24(21)26)27-14-6-10-22-8-2-4-12-25(22)27/h1-18H,19H2. The molecule has 3 heteroatoms. The van der Waals surface area contributed by atoms with Gasteiger partial charge >= 0.3 is 0 Å². The topological polar surface area (TPSA) is 17.1 Å². The molecule has 0 radical (unpaired) electrons. The van der Waals surface area contributed by atoms with E-state index in [0.717, 1.165) is 43.0 Å². The first-order valence-electron chi connectivity index (χ1n) is 9.94. The molecule has 146 valence electrons. The van der Waals surface area contributed by atoms with Gasteiger partial charge in [-0.05, 0) is 27.1 Å². The number of fused-ring (bicyclic) bond motifs is 2. The molecular weight excluding hydrogens is 407 g/mol. The van der Waals surface area contributed by atoms with E-state index < -0.39 is 7.14 Å². The maximum atomic E-state index is 15.2. The molecule has 30 heavy (non-hydrogen) atoms. The summed E-state index contributed by atoms with van der Waals surface area (Å²) in [6, 6.07) is 36.4. The number of halogens is 1. The van der Waals surface area contributed by atoms with Crippen LogP contribution in [0.1, 0.15) is 5.56 Å². The van der Waals surface area contributed by atoms with Crippen LogP contribution in [0.5, 0.6) is 0 Å². The molecule has 0 aromatic heterocycles. The Labute approximate surface area is 181 Å². The smallest absolute Gasteiger partial charge is 0.172 e. The third-order valence-corrected chi connectivity index (χ3v) is 9.14. The molecule has 5 rings (SSSR count). The van der Waals surface area contributed by atoms with Crippen LogP contribution < -0.4 is 15.9 Å². The molecule has 5 aromatic rings. The molecule has 0 bridgehead atoms. The van der Waals surface area contributed by atoms with Gasteiger partial charge in [0.1, 0.15) is 0 Å².